The minimum Gasteiger partial charge on any atom is -0.378 e. The van der Waals surface area contributed by atoms with Crippen LogP contribution in [0.1, 0.15) is 11.3 Å². The molecule has 1 amide bonds. The molecule has 0 atom stereocenters. The average Bonchev–Trinajstić information content (AvgIpc) is 3.06. The van der Waals surface area contributed by atoms with E-state index in [9.17, 15) is 14.0 Å². The lowest BCUT2D eigenvalue weighted by Gasteiger charge is -2.08. The molecule has 31 heavy (non-hydrogen) atoms. The molecule has 2 aromatic carbocycles. The minimum atomic E-state index is -0.503. The SMILES string of the molecule is COCc1cc2nn(CC(=O)Nc3cc(F)ccc3C)c(=O)n2c(-c2ccccc2)n1. The van der Waals surface area contributed by atoms with E-state index >= 15 is 0 Å². The van der Waals surface area contributed by atoms with Crippen molar-refractivity contribution in [2.24, 2.45) is 0 Å². The molecule has 0 saturated carbocycles. The third-order valence-corrected chi connectivity index (χ3v) is 4.71. The molecule has 158 valence electrons. The van der Waals surface area contributed by atoms with Crippen LogP contribution in [0.3, 0.4) is 0 Å². The number of aromatic nitrogens is 4. The Morgan fingerprint density at radius 3 is 2.68 bits per heavy atom. The molecule has 0 radical (unpaired) electrons. The first-order valence-corrected chi connectivity index (χ1v) is 9.56. The van der Waals surface area contributed by atoms with E-state index in [1.54, 1.807) is 26.2 Å². The quantitative estimate of drug-likeness (QED) is 0.517. The van der Waals surface area contributed by atoms with Crippen molar-refractivity contribution < 1.29 is 13.9 Å². The number of hydrogen-bond donors (Lipinski definition) is 1. The predicted molar refractivity (Wildman–Crippen MR) is 113 cm³/mol. The van der Waals surface area contributed by atoms with Crippen LogP contribution in [0.2, 0.25) is 0 Å². The maximum atomic E-state index is 13.5. The summed E-state index contributed by atoms with van der Waals surface area (Å²) in [5, 5.41) is 6.93. The number of halogens is 1. The summed E-state index contributed by atoms with van der Waals surface area (Å²) in [5.41, 5.74) is 2.22. The maximum Gasteiger partial charge on any atom is 0.352 e. The van der Waals surface area contributed by atoms with Gasteiger partial charge in [0.2, 0.25) is 5.91 Å². The summed E-state index contributed by atoms with van der Waals surface area (Å²) in [6.45, 7) is 1.67. The van der Waals surface area contributed by atoms with Crippen molar-refractivity contribution in [3.63, 3.8) is 0 Å². The maximum absolute atomic E-state index is 13.5. The van der Waals surface area contributed by atoms with Crippen LogP contribution in [0.5, 0.6) is 0 Å². The van der Waals surface area contributed by atoms with E-state index in [1.165, 1.54) is 16.5 Å². The molecule has 4 rings (SSSR count). The number of amides is 1. The molecule has 0 bridgehead atoms. The number of anilines is 1. The van der Waals surface area contributed by atoms with Crippen LogP contribution < -0.4 is 11.0 Å². The van der Waals surface area contributed by atoms with Gasteiger partial charge in [0.25, 0.3) is 0 Å². The van der Waals surface area contributed by atoms with E-state index < -0.39 is 17.4 Å². The van der Waals surface area contributed by atoms with Crippen LogP contribution >= 0.6 is 0 Å². The summed E-state index contributed by atoms with van der Waals surface area (Å²) in [6.07, 6.45) is 0. The molecular weight excluding hydrogens is 401 g/mol. The average molecular weight is 421 g/mol. The van der Waals surface area contributed by atoms with Crippen molar-refractivity contribution in [1.82, 2.24) is 19.2 Å². The predicted octanol–water partition coefficient (Wildman–Crippen LogP) is 2.79. The summed E-state index contributed by atoms with van der Waals surface area (Å²) < 4.78 is 21.1. The van der Waals surface area contributed by atoms with E-state index in [1.807, 2.05) is 30.3 Å². The second kappa shape index (κ2) is 8.49. The zero-order valence-electron chi connectivity index (χ0n) is 17.0. The van der Waals surface area contributed by atoms with Crippen molar-refractivity contribution in [3.8, 4) is 11.4 Å². The van der Waals surface area contributed by atoms with Crippen molar-refractivity contribution in [3.05, 3.63) is 82.2 Å². The number of benzene rings is 2. The lowest BCUT2D eigenvalue weighted by Crippen LogP contribution is -2.29. The zero-order chi connectivity index (χ0) is 22.0. The fourth-order valence-electron chi connectivity index (χ4n) is 3.24. The molecule has 0 spiro atoms. The van der Waals surface area contributed by atoms with Crippen LogP contribution in [0.4, 0.5) is 10.1 Å². The second-order valence-corrected chi connectivity index (χ2v) is 7.01. The first-order valence-electron chi connectivity index (χ1n) is 9.56. The van der Waals surface area contributed by atoms with Gasteiger partial charge in [0, 0.05) is 24.4 Å². The normalized spacial score (nSPS) is 11.1. The van der Waals surface area contributed by atoms with E-state index in [-0.39, 0.29) is 13.2 Å². The number of methoxy groups -OCH3 is 1. The first-order chi connectivity index (χ1) is 15.0. The molecule has 9 heteroatoms. The standard InChI is InChI=1S/C22H20FN5O3/c1-14-8-9-16(23)10-18(14)25-20(29)12-27-22(30)28-19(26-27)11-17(13-31-2)24-21(28)15-6-4-3-5-7-15/h3-11H,12-13H2,1-2H3,(H,25,29). The van der Waals surface area contributed by atoms with Crippen molar-refractivity contribution in [2.45, 2.75) is 20.1 Å². The van der Waals surface area contributed by atoms with Gasteiger partial charge in [-0.1, -0.05) is 36.4 Å². The van der Waals surface area contributed by atoms with Crippen molar-refractivity contribution >= 4 is 17.2 Å². The van der Waals surface area contributed by atoms with Crippen molar-refractivity contribution in [1.29, 1.82) is 0 Å². The van der Waals surface area contributed by atoms with Gasteiger partial charge in [-0.3, -0.25) is 4.79 Å². The molecule has 0 aliphatic rings. The fourth-order valence-corrected chi connectivity index (χ4v) is 3.24. The number of rotatable bonds is 6. The van der Waals surface area contributed by atoms with Crippen LogP contribution in [-0.2, 0) is 22.7 Å². The van der Waals surface area contributed by atoms with Gasteiger partial charge < -0.3 is 10.1 Å². The monoisotopic (exact) mass is 421 g/mol. The Balaban J connectivity index is 1.72. The van der Waals surface area contributed by atoms with Crippen molar-refractivity contribution in [2.75, 3.05) is 12.4 Å². The number of nitrogens with one attached hydrogen (secondary N) is 1. The number of hydrogen-bond acceptors (Lipinski definition) is 5. The summed E-state index contributed by atoms with van der Waals surface area (Å²) in [7, 11) is 1.55. The highest BCUT2D eigenvalue weighted by molar-refractivity contribution is 5.91. The van der Waals surface area contributed by atoms with Gasteiger partial charge >= 0.3 is 5.69 Å². The highest BCUT2D eigenvalue weighted by Crippen LogP contribution is 2.19. The molecule has 0 aliphatic heterocycles. The topological polar surface area (TPSA) is 90.5 Å². The summed E-state index contributed by atoms with van der Waals surface area (Å²) in [4.78, 5) is 30.1. The Labute approximate surface area is 176 Å². The van der Waals surface area contributed by atoms with Gasteiger partial charge in [0.1, 0.15) is 18.2 Å². The fraction of sp³-hybridized carbons (Fsp3) is 0.182. The minimum absolute atomic E-state index is 0.247. The molecule has 2 heterocycles. The number of ether oxygens (including phenoxy) is 1. The number of fused-ring (bicyclic) bond motifs is 1. The van der Waals surface area contributed by atoms with Crippen LogP contribution in [0, 0.1) is 12.7 Å². The molecule has 2 aromatic heterocycles. The van der Waals surface area contributed by atoms with E-state index in [0.29, 0.717) is 28.4 Å². The lowest BCUT2D eigenvalue weighted by molar-refractivity contribution is -0.117. The third kappa shape index (κ3) is 4.22. The summed E-state index contributed by atoms with van der Waals surface area (Å²) in [5.74, 6) is -0.552. The smallest absolute Gasteiger partial charge is 0.352 e. The van der Waals surface area contributed by atoms with Gasteiger partial charge in [-0.05, 0) is 24.6 Å². The highest BCUT2D eigenvalue weighted by Gasteiger charge is 2.17. The first kappa shape index (κ1) is 20.4. The number of aryl methyl sites for hydroxylation is 1. The van der Waals surface area contributed by atoms with E-state index in [4.69, 9.17) is 4.74 Å². The Morgan fingerprint density at radius 1 is 1.16 bits per heavy atom. The van der Waals surface area contributed by atoms with Gasteiger partial charge in [-0.25, -0.2) is 23.3 Å². The molecule has 0 saturated heterocycles. The zero-order valence-corrected chi connectivity index (χ0v) is 17.0. The van der Waals surface area contributed by atoms with E-state index in [2.05, 4.69) is 15.4 Å². The Hall–Kier alpha value is -3.85. The van der Waals surface area contributed by atoms with Gasteiger partial charge in [0.15, 0.2) is 5.65 Å². The molecule has 4 aromatic rings. The molecule has 8 nitrogen and oxygen atoms in total. The van der Waals surface area contributed by atoms with Crippen LogP contribution in [-0.4, -0.2) is 32.2 Å². The summed E-state index contributed by atoms with van der Waals surface area (Å²) >= 11 is 0. The Kier molecular flexibility index (Phi) is 5.59. The Morgan fingerprint density at radius 2 is 1.94 bits per heavy atom. The molecule has 0 fully saturated rings. The number of nitrogens with zero attached hydrogens (tertiary/aromatic N) is 4. The number of carbonyl (C=O) groups is 1. The van der Waals surface area contributed by atoms with Gasteiger partial charge in [-0.15, -0.1) is 5.10 Å². The molecule has 0 aliphatic carbocycles. The molecular formula is C22H20FN5O3. The second-order valence-electron chi connectivity index (χ2n) is 7.01. The largest absolute Gasteiger partial charge is 0.378 e. The Bertz CT molecular complexity index is 1310. The molecule has 0 unspecified atom stereocenters. The third-order valence-electron chi connectivity index (χ3n) is 4.71. The van der Waals surface area contributed by atoms with Gasteiger partial charge in [-0.2, -0.15) is 0 Å². The molecule has 1 N–H and O–H groups in total. The van der Waals surface area contributed by atoms with E-state index in [0.717, 1.165) is 10.2 Å². The van der Waals surface area contributed by atoms with Crippen LogP contribution in [0.25, 0.3) is 17.0 Å². The van der Waals surface area contributed by atoms with Gasteiger partial charge in [0.05, 0.1) is 12.3 Å². The van der Waals surface area contributed by atoms with Crippen LogP contribution in [0.15, 0.2) is 59.4 Å². The highest BCUT2D eigenvalue weighted by atomic mass is 19.1. The number of carbonyl (C=O) groups excluding carboxylic acids is 1. The summed E-state index contributed by atoms with van der Waals surface area (Å²) in [6, 6.07) is 15.0. The lowest BCUT2D eigenvalue weighted by atomic mass is 10.2.